The van der Waals surface area contributed by atoms with E-state index in [1.807, 2.05) is 0 Å². The zero-order valence-corrected chi connectivity index (χ0v) is 10.4. The molecule has 2 aromatic rings. The molecule has 1 fully saturated rings. The minimum Gasteiger partial charge on any atom is -0.383 e. The molecule has 1 heterocycles. The number of pyridine rings is 1. The highest BCUT2D eigenvalue weighted by Gasteiger charge is 2.25. The number of halogens is 1. The number of nitrogens with zero attached hydrogens (tertiary/aromatic N) is 1. The average molecular weight is 262 g/mol. The highest BCUT2D eigenvalue weighted by molar-refractivity contribution is 6.31. The van der Waals surface area contributed by atoms with Crippen molar-refractivity contribution in [2.75, 3.05) is 5.73 Å². The molecule has 0 aliphatic heterocycles. The molecule has 1 aliphatic rings. The Labute approximate surface area is 109 Å². The topological polar surface area (TPSA) is 68.0 Å². The summed E-state index contributed by atoms with van der Waals surface area (Å²) in [5.74, 6) is 0.0901. The smallest absolute Gasteiger partial charge is 0.255 e. The molecule has 0 atom stereocenters. The zero-order chi connectivity index (χ0) is 12.7. The van der Waals surface area contributed by atoms with Crippen molar-refractivity contribution >= 4 is 34.2 Å². The maximum absolute atomic E-state index is 12.0. The summed E-state index contributed by atoms with van der Waals surface area (Å²) in [4.78, 5) is 16.2. The summed E-state index contributed by atoms with van der Waals surface area (Å²) in [5.41, 5.74) is 6.97. The van der Waals surface area contributed by atoms with Crippen molar-refractivity contribution in [3.63, 3.8) is 0 Å². The van der Waals surface area contributed by atoms with Crippen molar-refractivity contribution in [2.45, 2.75) is 18.9 Å². The van der Waals surface area contributed by atoms with E-state index in [1.54, 1.807) is 24.3 Å². The molecule has 3 rings (SSSR count). The number of aromatic nitrogens is 1. The number of hydrogen-bond donors (Lipinski definition) is 2. The number of benzene rings is 1. The van der Waals surface area contributed by atoms with Gasteiger partial charge < -0.3 is 11.1 Å². The molecule has 0 saturated heterocycles. The van der Waals surface area contributed by atoms with E-state index in [0.29, 0.717) is 16.6 Å². The summed E-state index contributed by atoms with van der Waals surface area (Å²) in [6.07, 6.45) is 2.08. The molecule has 1 aliphatic carbocycles. The van der Waals surface area contributed by atoms with Crippen LogP contribution in [-0.4, -0.2) is 16.9 Å². The number of nitrogens with one attached hydrogen (secondary N) is 1. The Morgan fingerprint density at radius 2 is 2.17 bits per heavy atom. The lowest BCUT2D eigenvalue weighted by Gasteiger charge is -2.07. The van der Waals surface area contributed by atoms with Crippen LogP contribution in [-0.2, 0) is 0 Å². The minimum absolute atomic E-state index is 0.163. The summed E-state index contributed by atoms with van der Waals surface area (Å²) in [6, 6.07) is 7.35. The largest absolute Gasteiger partial charge is 0.383 e. The van der Waals surface area contributed by atoms with Gasteiger partial charge in [-0.3, -0.25) is 4.79 Å². The lowest BCUT2D eigenvalue weighted by atomic mass is 10.1. The molecular weight excluding hydrogens is 250 g/mol. The summed E-state index contributed by atoms with van der Waals surface area (Å²) in [6.45, 7) is 0. The summed E-state index contributed by atoms with van der Waals surface area (Å²) in [5, 5.41) is 4.33. The number of amides is 1. The predicted molar refractivity (Wildman–Crippen MR) is 71.7 cm³/mol. The second-order valence-corrected chi connectivity index (χ2v) is 4.94. The lowest BCUT2D eigenvalue weighted by Crippen LogP contribution is -2.26. The van der Waals surface area contributed by atoms with E-state index in [1.165, 1.54) is 0 Å². The van der Waals surface area contributed by atoms with Crippen LogP contribution in [0.4, 0.5) is 5.82 Å². The van der Waals surface area contributed by atoms with Crippen LogP contribution >= 0.6 is 11.6 Å². The average Bonchev–Trinajstić information content (AvgIpc) is 3.12. The zero-order valence-electron chi connectivity index (χ0n) is 9.61. The number of carbonyl (C=O) groups excluding carboxylic acids is 1. The van der Waals surface area contributed by atoms with Gasteiger partial charge in [-0.2, -0.15) is 0 Å². The lowest BCUT2D eigenvalue weighted by molar-refractivity contribution is 0.0952. The van der Waals surface area contributed by atoms with Gasteiger partial charge in [0, 0.05) is 16.5 Å². The van der Waals surface area contributed by atoms with Crippen molar-refractivity contribution in [3.05, 3.63) is 34.9 Å². The van der Waals surface area contributed by atoms with Gasteiger partial charge in [-0.15, -0.1) is 0 Å². The molecule has 0 radical (unpaired) electrons. The molecule has 18 heavy (non-hydrogen) atoms. The number of anilines is 1. The van der Waals surface area contributed by atoms with Crippen LogP contribution in [0.1, 0.15) is 23.2 Å². The predicted octanol–water partition coefficient (Wildman–Crippen LogP) is 2.36. The third-order valence-electron chi connectivity index (χ3n) is 2.96. The molecule has 1 aromatic heterocycles. The molecule has 4 nitrogen and oxygen atoms in total. The van der Waals surface area contributed by atoms with E-state index in [0.717, 1.165) is 23.7 Å². The van der Waals surface area contributed by atoms with E-state index in [-0.39, 0.29) is 11.7 Å². The Bertz CT molecular complexity index is 637. The van der Waals surface area contributed by atoms with Crippen molar-refractivity contribution in [3.8, 4) is 0 Å². The van der Waals surface area contributed by atoms with Crippen LogP contribution in [0.15, 0.2) is 24.3 Å². The summed E-state index contributed by atoms with van der Waals surface area (Å²) in [7, 11) is 0. The number of rotatable bonds is 2. The van der Waals surface area contributed by atoms with E-state index >= 15 is 0 Å². The Morgan fingerprint density at radius 3 is 2.89 bits per heavy atom. The highest BCUT2D eigenvalue weighted by Crippen LogP contribution is 2.24. The Balaban J connectivity index is 2.04. The Hall–Kier alpha value is -1.81. The number of nitrogens with two attached hydrogens (primary N) is 1. The van der Waals surface area contributed by atoms with Crippen molar-refractivity contribution < 1.29 is 4.79 Å². The van der Waals surface area contributed by atoms with Crippen LogP contribution in [0.25, 0.3) is 10.9 Å². The maximum Gasteiger partial charge on any atom is 0.255 e. The normalized spacial score (nSPS) is 14.7. The Morgan fingerprint density at radius 1 is 1.39 bits per heavy atom. The molecule has 1 amide bonds. The second-order valence-electron chi connectivity index (χ2n) is 4.51. The van der Waals surface area contributed by atoms with E-state index in [9.17, 15) is 4.79 Å². The fourth-order valence-electron chi connectivity index (χ4n) is 1.83. The van der Waals surface area contributed by atoms with Crippen molar-refractivity contribution in [2.24, 2.45) is 0 Å². The molecule has 0 bridgehead atoms. The number of hydrogen-bond acceptors (Lipinski definition) is 3. The van der Waals surface area contributed by atoms with Crippen LogP contribution in [0.3, 0.4) is 0 Å². The van der Waals surface area contributed by atoms with E-state index in [4.69, 9.17) is 17.3 Å². The van der Waals surface area contributed by atoms with Gasteiger partial charge in [-0.05, 0) is 37.1 Å². The molecular formula is C13H12ClN3O. The van der Waals surface area contributed by atoms with Gasteiger partial charge in [-0.1, -0.05) is 11.6 Å². The molecule has 1 saturated carbocycles. The van der Waals surface area contributed by atoms with Gasteiger partial charge in [0.2, 0.25) is 0 Å². The first-order valence-corrected chi connectivity index (χ1v) is 6.18. The first-order chi connectivity index (χ1) is 8.63. The Kier molecular flexibility index (Phi) is 2.59. The second kappa shape index (κ2) is 4.14. The number of carbonyl (C=O) groups is 1. The van der Waals surface area contributed by atoms with E-state index < -0.39 is 0 Å². The van der Waals surface area contributed by atoms with E-state index in [2.05, 4.69) is 10.3 Å². The third kappa shape index (κ3) is 2.11. The quantitative estimate of drug-likeness (QED) is 0.872. The SMILES string of the molecule is Nc1nc2ccc(Cl)cc2cc1C(=O)NC1CC1. The molecule has 0 unspecified atom stereocenters. The van der Waals surface area contributed by atoms with Crippen LogP contribution in [0, 0.1) is 0 Å². The van der Waals surface area contributed by atoms with Gasteiger partial charge in [0.25, 0.3) is 5.91 Å². The molecule has 5 heteroatoms. The number of nitrogen functional groups attached to an aromatic ring is 1. The highest BCUT2D eigenvalue weighted by atomic mass is 35.5. The molecule has 92 valence electrons. The van der Waals surface area contributed by atoms with Crippen LogP contribution in [0.5, 0.6) is 0 Å². The van der Waals surface area contributed by atoms with Gasteiger partial charge in [0.1, 0.15) is 5.82 Å². The summed E-state index contributed by atoms with van der Waals surface area (Å²) < 4.78 is 0. The van der Waals surface area contributed by atoms with Crippen molar-refractivity contribution in [1.82, 2.24) is 10.3 Å². The third-order valence-corrected chi connectivity index (χ3v) is 3.20. The van der Waals surface area contributed by atoms with Gasteiger partial charge >= 0.3 is 0 Å². The van der Waals surface area contributed by atoms with Gasteiger partial charge in [0.15, 0.2) is 0 Å². The van der Waals surface area contributed by atoms with Crippen LogP contribution < -0.4 is 11.1 Å². The monoisotopic (exact) mass is 261 g/mol. The van der Waals surface area contributed by atoms with Crippen molar-refractivity contribution in [1.29, 1.82) is 0 Å². The fourth-order valence-corrected chi connectivity index (χ4v) is 2.02. The molecule has 1 aromatic carbocycles. The van der Waals surface area contributed by atoms with Gasteiger partial charge in [-0.25, -0.2) is 4.98 Å². The summed E-state index contributed by atoms with van der Waals surface area (Å²) >= 11 is 5.93. The first kappa shape index (κ1) is 11.3. The first-order valence-electron chi connectivity index (χ1n) is 5.80. The molecule has 3 N–H and O–H groups in total. The minimum atomic E-state index is -0.163. The van der Waals surface area contributed by atoms with Gasteiger partial charge in [0.05, 0.1) is 11.1 Å². The molecule has 0 spiro atoms. The standard InChI is InChI=1S/C13H12ClN3O/c14-8-1-4-11-7(5-8)6-10(12(15)17-11)13(18)16-9-2-3-9/h1,4-6,9H,2-3H2,(H2,15,17)(H,16,18). The fraction of sp³-hybridized carbons (Fsp3) is 0.231. The van der Waals surface area contributed by atoms with Crippen LogP contribution in [0.2, 0.25) is 5.02 Å². The maximum atomic E-state index is 12.0. The number of fused-ring (bicyclic) bond motifs is 1.